The van der Waals surface area contributed by atoms with Crippen molar-refractivity contribution in [1.29, 1.82) is 0 Å². The normalized spacial score (nSPS) is 18.2. The van der Waals surface area contributed by atoms with E-state index >= 15 is 0 Å². The fraction of sp³-hybridized carbons (Fsp3) is 0.588. The van der Waals surface area contributed by atoms with Crippen molar-refractivity contribution in [1.82, 2.24) is 5.32 Å². The molecule has 0 bridgehead atoms. The van der Waals surface area contributed by atoms with Gasteiger partial charge in [-0.2, -0.15) is 0 Å². The zero-order chi connectivity index (χ0) is 15.2. The fourth-order valence-electron chi connectivity index (χ4n) is 2.60. The third-order valence-corrected chi connectivity index (χ3v) is 3.73. The molecule has 21 heavy (non-hydrogen) atoms. The highest BCUT2D eigenvalue weighted by Crippen LogP contribution is 2.33. The number of nitrogens with one attached hydrogen (secondary N) is 1. The number of benzene rings is 1. The predicted molar refractivity (Wildman–Crippen MR) is 85.5 cm³/mol. The second-order valence-corrected chi connectivity index (χ2v) is 6.04. The van der Waals surface area contributed by atoms with Crippen molar-refractivity contribution >= 4 is 11.6 Å². The van der Waals surface area contributed by atoms with Gasteiger partial charge in [-0.3, -0.25) is 4.79 Å². The number of anilines is 1. The van der Waals surface area contributed by atoms with Gasteiger partial charge in [-0.15, -0.1) is 0 Å². The first-order valence-corrected chi connectivity index (χ1v) is 7.76. The number of amides is 1. The van der Waals surface area contributed by atoms with Gasteiger partial charge in [0, 0.05) is 38.4 Å². The van der Waals surface area contributed by atoms with Gasteiger partial charge in [-0.25, -0.2) is 0 Å². The number of carbonyl (C=O) groups excluding carboxylic acids is 1. The number of ether oxygens (including phenoxy) is 1. The number of fused-ring (bicyclic) bond motifs is 1. The quantitative estimate of drug-likeness (QED) is 0.785. The molecule has 1 amide bonds. The molecule has 1 aromatic rings. The average molecular weight is 290 g/mol. The molecule has 0 saturated carbocycles. The third-order valence-electron chi connectivity index (χ3n) is 3.73. The highest BCUT2D eigenvalue weighted by atomic mass is 16.5. The number of nitrogens with zero attached hydrogens (tertiary/aromatic N) is 1. The Bertz CT molecular complexity index is 474. The summed E-state index contributed by atoms with van der Waals surface area (Å²) in [6.45, 7) is 6.76. The van der Waals surface area contributed by atoms with Gasteiger partial charge < -0.3 is 15.0 Å². The first-order valence-electron chi connectivity index (χ1n) is 7.76. The molecule has 1 unspecified atom stereocenters. The molecule has 1 aliphatic rings. The summed E-state index contributed by atoms with van der Waals surface area (Å²) in [5, 5.41) is 3.49. The van der Waals surface area contributed by atoms with Gasteiger partial charge in [-0.05, 0) is 30.5 Å². The summed E-state index contributed by atoms with van der Waals surface area (Å²) in [4.78, 5) is 13.8. The van der Waals surface area contributed by atoms with Crippen molar-refractivity contribution in [3.05, 3.63) is 29.8 Å². The van der Waals surface area contributed by atoms with Crippen molar-refractivity contribution in [2.24, 2.45) is 5.92 Å². The summed E-state index contributed by atoms with van der Waals surface area (Å²) in [5.74, 6) is 0.749. The first kappa shape index (κ1) is 16.0. The van der Waals surface area contributed by atoms with Gasteiger partial charge in [-0.1, -0.05) is 32.0 Å². The molecule has 0 fully saturated rings. The van der Waals surface area contributed by atoms with E-state index in [1.54, 1.807) is 4.90 Å². The van der Waals surface area contributed by atoms with E-state index in [2.05, 4.69) is 25.2 Å². The highest BCUT2D eigenvalue weighted by molar-refractivity contribution is 5.96. The lowest BCUT2D eigenvalue weighted by Crippen LogP contribution is -2.38. The maximum atomic E-state index is 12.0. The van der Waals surface area contributed by atoms with E-state index in [0.717, 1.165) is 31.9 Å². The van der Waals surface area contributed by atoms with E-state index in [-0.39, 0.29) is 11.9 Å². The maximum absolute atomic E-state index is 12.0. The molecule has 1 N–H and O–H groups in total. The number of hydrogen-bond acceptors (Lipinski definition) is 3. The van der Waals surface area contributed by atoms with Gasteiger partial charge in [0.05, 0.1) is 0 Å². The largest absolute Gasteiger partial charge is 0.381 e. The minimum atomic E-state index is 0.120. The maximum Gasteiger partial charge on any atom is 0.228 e. The van der Waals surface area contributed by atoms with E-state index in [0.29, 0.717) is 12.3 Å². The summed E-state index contributed by atoms with van der Waals surface area (Å²) < 4.78 is 5.58. The van der Waals surface area contributed by atoms with Gasteiger partial charge in [0.1, 0.15) is 0 Å². The lowest BCUT2D eigenvalue weighted by atomic mass is 9.96. The van der Waals surface area contributed by atoms with E-state index in [9.17, 15) is 4.79 Å². The number of carbonyl (C=O) groups is 1. The van der Waals surface area contributed by atoms with Crippen molar-refractivity contribution in [3.63, 3.8) is 0 Å². The smallest absolute Gasteiger partial charge is 0.228 e. The zero-order valence-corrected chi connectivity index (χ0v) is 13.3. The Balaban J connectivity index is 1.84. The highest BCUT2D eigenvalue weighted by Gasteiger charge is 2.28. The van der Waals surface area contributed by atoms with Crippen LogP contribution in [0.25, 0.3) is 0 Å². The Labute approximate surface area is 127 Å². The minimum absolute atomic E-state index is 0.120. The number of rotatable bonds is 7. The minimum Gasteiger partial charge on any atom is -0.381 e. The van der Waals surface area contributed by atoms with Crippen LogP contribution in [-0.2, 0) is 9.53 Å². The molecule has 4 heteroatoms. The number of para-hydroxylation sites is 1. The van der Waals surface area contributed by atoms with Crippen LogP contribution >= 0.6 is 0 Å². The fourth-order valence-corrected chi connectivity index (χ4v) is 2.60. The van der Waals surface area contributed by atoms with E-state index in [1.165, 1.54) is 5.56 Å². The van der Waals surface area contributed by atoms with Gasteiger partial charge in [0.15, 0.2) is 0 Å². The molecule has 4 nitrogen and oxygen atoms in total. The zero-order valence-electron chi connectivity index (χ0n) is 13.3. The van der Waals surface area contributed by atoms with Crippen LogP contribution < -0.4 is 10.2 Å². The second kappa shape index (κ2) is 7.57. The molecular weight excluding hydrogens is 264 g/mol. The van der Waals surface area contributed by atoms with Crippen LogP contribution in [0.4, 0.5) is 5.69 Å². The third kappa shape index (κ3) is 4.29. The van der Waals surface area contributed by atoms with Crippen molar-refractivity contribution in [3.8, 4) is 0 Å². The molecule has 0 saturated heterocycles. The molecule has 0 spiro atoms. The molecular formula is C17H26N2O2. The standard InChI is InChI=1S/C17H26N2O2/c1-13(2)12-21-10-6-9-18-15-11-17(20)19(3)16-8-5-4-7-14(15)16/h4-5,7-8,13,15,18H,6,9-12H2,1-3H3. The summed E-state index contributed by atoms with van der Waals surface area (Å²) >= 11 is 0. The summed E-state index contributed by atoms with van der Waals surface area (Å²) in [6, 6.07) is 8.24. The SMILES string of the molecule is CC(C)COCCCNC1CC(=O)N(C)c2ccccc21. The van der Waals surface area contributed by atoms with Gasteiger partial charge in [0.25, 0.3) is 0 Å². The lowest BCUT2D eigenvalue weighted by molar-refractivity contribution is -0.119. The van der Waals surface area contributed by atoms with Crippen LogP contribution in [0, 0.1) is 5.92 Å². The molecule has 1 aromatic carbocycles. The van der Waals surface area contributed by atoms with E-state index in [1.807, 2.05) is 25.2 Å². The first-order chi connectivity index (χ1) is 10.1. The Morgan fingerprint density at radius 1 is 1.38 bits per heavy atom. The Hall–Kier alpha value is -1.39. The molecule has 1 heterocycles. The Morgan fingerprint density at radius 3 is 2.90 bits per heavy atom. The number of hydrogen-bond donors (Lipinski definition) is 1. The topological polar surface area (TPSA) is 41.6 Å². The molecule has 2 rings (SSSR count). The average Bonchev–Trinajstić information content (AvgIpc) is 2.47. The second-order valence-electron chi connectivity index (χ2n) is 6.04. The van der Waals surface area contributed by atoms with Crippen LogP contribution in [0.15, 0.2) is 24.3 Å². The van der Waals surface area contributed by atoms with Crippen molar-refractivity contribution in [2.45, 2.75) is 32.7 Å². The molecule has 0 radical (unpaired) electrons. The van der Waals surface area contributed by atoms with Crippen molar-refractivity contribution < 1.29 is 9.53 Å². The van der Waals surface area contributed by atoms with Crippen molar-refractivity contribution in [2.75, 3.05) is 31.7 Å². The van der Waals surface area contributed by atoms with Crippen LogP contribution in [-0.4, -0.2) is 32.7 Å². The summed E-state index contributed by atoms with van der Waals surface area (Å²) in [7, 11) is 1.84. The van der Waals surface area contributed by atoms with Crippen LogP contribution in [0.3, 0.4) is 0 Å². The molecule has 116 valence electrons. The Kier molecular flexibility index (Phi) is 5.76. The molecule has 1 atom stereocenters. The summed E-state index contributed by atoms with van der Waals surface area (Å²) in [5.41, 5.74) is 2.23. The van der Waals surface area contributed by atoms with E-state index < -0.39 is 0 Å². The van der Waals surface area contributed by atoms with Gasteiger partial charge >= 0.3 is 0 Å². The Morgan fingerprint density at radius 2 is 2.14 bits per heavy atom. The van der Waals surface area contributed by atoms with Crippen LogP contribution in [0.5, 0.6) is 0 Å². The van der Waals surface area contributed by atoms with Crippen LogP contribution in [0.1, 0.15) is 38.3 Å². The van der Waals surface area contributed by atoms with Crippen LogP contribution in [0.2, 0.25) is 0 Å². The van der Waals surface area contributed by atoms with E-state index in [4.69, 9.17) is 4.74 Å². The van der Waals surface area contributed by atoms with Gasteiger partial charge in [0.2, 0.25) is 5.91 Å². The molecule has 0 aromatic heterocycles. The lowest BCUT2D eigenvalue weighted by Gasteiger charge is -2.32. The molecule has 1 aliphatic heterocycles. The molecule has 0 aliphatic carbocycles. The summed E-state index contributed by atoms with van der Waals surface area (Å²) in [6.07, 6.45) is 1.50. The monoisotopic (exact) mass is 290 g/mol. The predicted octanol–water partition coefficient (Wildman–Crippen LogP) is 2.75.